The largest absolute Gasteiger partial charge is 0.357 e. The first kappa shape index (κ1) is 8.75. The molecule has 0 aliphatic carbocycles. The number of aliphatic imine (C=N–C) groups is 1. The van der Waals surface area contributed by atoms with E-state index < -0.39 is 0 Å². The zero-order valence-corrected chi connectivity index (χ0v) is 9.03. The third-order valence-electron chi connectivity index (χ3n) is 2.17. The Morgan fingerprint density at radius 3 is 3.00 bits per heavy atom. The van der Waals surface area contributed by atoms with E-state index >= 15 is 0 Å². The van der Waals surface area contributed by atoms with Gasteiger partial charge in [-0.05, 0) is 18.9 Å². The Bertz CT molecular complexity index is 350. The van der Waals surface area contributed by atoms with Crippen LogP contribution in [0.1, 0.15) is 24.3 Å². The third-order valence-corrected chi connectivity index (χ3v) is 3.18. The highest BCUT2D eigenvalue weighted by atomic mass is 32.1. The Hall–Kier alpha value is -0.830. The summed E-state index contributed by atoms with van der Waals surface area (Å²) >= 11 is 1.82. The van der Waals surface area contributed by atoms with Crippen LogP contribution in [0.2, 0.25) is 0 Å². The molecule has 1 aliphatic heterocycles. The molecule has 1 N–H and O–H groups in total. The minimum atomic E-state index is 0.523. The van der Waals surface area contributed by atoms with Gasteiger partial charge in [0.05, 0.1) is 5.00 Å². The van der Waals surface area contributed by atoms with E-state index in [0.717, 1.165) is 6.67 Å². The van der Waals surface area contributed by atoms with Gasteiger partial charge in [0.1, 0.15) is 6.67 Å². The minimum absolute atomic E-state index is 0.523. The molecule has 0 amide bonds. The summed E-state index contributed by atoms with van der Waals surface area (Å²) in [6, 6.07) is 2.23. The second kappa shape index (κ2) is 3.14. The Morgan fingerprint density at radius 1 is 1.54 bits per heavy atom. The summed E-state index contributed by atoms with van der Waals surface area (Å²) in [5, 5.41) is 4.59. The van der Waals surface area contributed by atoms with Crippen LogP contribution in [-0.2, 0) is 0 Å². The Balaban J connectivity index is 2.46. The highest BCUT2D eigenvalue weighted by Crippen LogP contribution is 2.31. The summed E-state index contributed by atoms with van der Waals surface area (Å²) in [5.74, 6) is 0.523. The van der Waals surface area contributed by atoms with Gasteiger partial charge in [-0.15, -0.1) is 11.3 Å². The van der Waals surface area contributed by atoms with Gasteiger partial charge in [-0.2, -0.15) is 0 Å². The van der Waals surface area contributed by atoms with Gasteiger partial charge in [0, 0.05) is 16.2 Å². The standard InChI is InChI=1S/C10H14N2S/c1-6(2)9-8-4-7(3)13-10(8)12-5-11-9/h4,6,12H,5H2,1-3H3. The van der Waals surface area contributed by atoms with Crippen molar-refractivity contribution in [3.8, 4) is 0 Å². The number of thiophene rings is 1. The SMILES string of the molecule is Cc1cc2c(s1)NCN=C2C(C)C. The molecule has 13 heavy (non-hydrogen) atoms. The van der Waals surface area contributed by atoms with Crippen molar-refractivity contribution >= 4 is 22.0 Å². The van der Waals surface area contributed by atoms with Crippen LogP contribution < -0.4 is 5.32 Å². The fourth-order valence-corrected chi connectivity index (χ4v) is 2.52. The van der Waals surface area contributed by atoms with Gasteiger partial charge in [-0.1, -0.05) is 13.8 Å². The van der Waals surface area contributed by atoms with Crippen LogP contribution in [0.25, 0.3) is 0 Å². The van der Waals surface area contributed by atoms with Crippen molar-refractivity contribution in [3.63, 3.8) is 0 Å². The normalized spacial score (nSPS) is 15.2. The van der Waals surface area contributed by atoms with Gasteiger partial charge in [-0.25, -0.2) is 0 Å². The lowest BCUT2D eigenvalue weighted by atomic mass is 10.0. The van der Waals surface area contributed by atoms with E-state index in [-0.39, 0.29) is 0 Å². The summed E-state index contributed by atoms with van der Waals surface area (Å²) in [6.07, 6.45) is 0. The van der Waals surface area contributed by atoms with Gasteiger partial charge in [-0.3, -0.25) is 4.99 Å². The molecular weight excluding hydrogens is 180 g/mol. The molecule has 70 valence electrons. The zero-order chi connectivity index (χ0) is 9.42. The zero-order valence-electron chi connectivity index (χ0n) is 8.22. The van der Waals surface area contributed by atoms with E-state index in [9.17, 15) is 0 Å². The second-order valence-corrected chi connectivity index (χ2v) is 4.89. The van der Waals surface area contributed by atoms with Crippen LogP contribution in [-0.4, -0.2) is 12.4 Å². The van der Waals surface area contributed by atoms with Crippen molar-refractivity contribution in [3.05, 3.63) is 16.5 Å². The molecule has 0 saturated carbocycles. The molecule has 1 aliphatic rings. The molecule has 0 unspecified atom stereocenters. The molecule has 3 heteroatoms. The molecule has 0 spiro atoms. The van der Waals surface area contributed by atoms with Crippen molar-refractivity contribution in [2.24, 2.45) is 10.9 Å². The molecule has 2 heterocycles. The first-order valence-electron chi connectivity index (χ1n) is 4.57. The summed E-state index contributed by atoms with van der Waals surface area (Å²) in [5.41, 5.74) is 2.56. The smallest absolute Gasteiger partial charge is 0.108 e. The fraction of sp³-hybridized carbons (Fsp3) is 0.500. The number of aryl methyl sites for hydroxylation is 1. The van der Waals surface area contributed by atoms with E-state index in [0.29, 0.717) is 5.92 Å². The average Bonchev–Trinajstić information content (AvgIpc) is 2.43. The van der Waals surface area contributed by atoms with E-state index in [1.54, 1.807) is 0 Å². The van der Waals surface area contributed by atoms with Crippen LogP contribution in [0.5, 0.6) is 0 Å². The quantitative estimate of drug-likeness (QED) is 0.730. The lowest BCUT2D eigenvalue weighted by Crippen LogP contribution is -2.17. The number of rotatable bonds is 1. The summed E-state index contributed by atoms with van der Waals surface area (Å²) in [7, 11) is 0. The molecule has 2 rings (SSSR count). The van der Waals surface area contributed by atoms with E-state index in [4.69, 9.17) is 0 Å². The monoisotopic (exact) mass is 194 g/mol. The number of hydrogen-bond acceptors (Lipinski definition) is 3. The van der Waals surface area contributed by atoms with E-state index in [1.165, 1.54) is 21.2 Å². The summed E-state index contributed by atoms with van der Waals surface area (Å²) < 4.78 is 0. The van der Waals surface area contributed by atoms with Gasteiger partial charge in [0.2, 0.25) is 0 Å². The average molecular weight is 194 g/mol. The number of hydrogen-bond donors (Lipinski definition) is 1. The molecule has 0 bridgehead atoms. The highest BCUT2D eigenvalue weighted by molar-refractivity contribution is 7.16. The first-order valence-corrected chi connectivity index (χ1v) is 5.39. The number of nitrogens with zero attached hydrogens (tertiary/aromatic N) is 1. The molecule has 0 aromatic carbocycles. The molecular formula is C10H14N2S. The maximum atomic E-state index is 4.50. The maximum absolute atomic E-state index is 4.50. The van der Waals surface area contributed by atoms with Gasteiger partial charge < -0.3 is 5.32 Å². The molecule has 0 fully saturated rings. The summed E-state index contributed by atoms with van der Waals surface area (Å²) in [6.45, 7) is 7.27. The van der Waals surface area contributed by atoms with Crippen LogP contribution >= 0.6 is 11.3 Å². The predicted octanol–water partition coefficient (Wildman–Crippen LogP) is 2.88. The predicted molar refractivity (Wildman–Crippen MR) is 58.9 cm³/mol. The molecule has 1 aromatic rings. The van der Waals surface area contributed by atoms with Gasteiger partial charge >= 0.3 is 0 Å². The van der Waals surface area contributed by atoms with Crippen LogP contribution in [0, 0.1) is 12.8 Å². The lowest BCUT2D eigenvalue weighted by Gasteiger charge is -2.16. The Labute approximate surface area is 82.7 Å². The molecule has 0 radical (unpaired) electrons. The van der Waals surface area contributed by atoms with Crippen molar-refractivity contribution in [1.29, 1.82) is 0 Å². The minimum Gasteiger partial charge on any atom is -0.357 e. The fourth-order valence-electron chi connectivity index (χ4n) is 1.61. The van der Waals surface area contributed by atoms with E-state index in [1.807, 2.05) is 11.3 Å². The van der Waals surface area contributed by atoms with E-state index in [2.05, 4.69) is 37.1 Å². The first-order chi connectivity index (χ1) is 6.18. The third kappa shape index (κ3) is 1.48. The molecule has 0 saturated heterocycles. The Kier molecular flexibility index (Phi) is 2.12. The highest BCUT2D eigenvalue weighted by Gasteiger charge is 2.18. The van der Waals surface area contributed by atoms with Crippen molar-refractivity contribution in [2.75, 3.05) is 12.0 Å². The number of anilines is 1. The van der Waals surface area contributed by atoms with Gasteiger partial charge in [0.15, 0.2) is 0 Å². The number of fused-ring (bicyclic) bond motifs is 1. The molecule has 1 aromatic heterocycles. The van der Waals surface area contributed by atoms with Crippen molar-refractivity contribution in [1.82, 2.24) is 0 Å². The topological polar surface area (TPSA) is 24.4 Å². The van der Waals surface area contributed by atoms with Crippen LogP contribution in [0.15, 0.2) is 11.1 Å². The number of nitrogens with one attached hydrogen (secondary N) is 1. The molecule has 0 atom stereocenters. The van der Waals surface area contributed by atoms with Gasteiger partial charge in [0.25, 0.3) is 0 Å². The van der Waals surface area contributed by atoms with Crippen LogP contribution in [0.4, 0.5) is 5.00 Å². The summed E-state index contributed by atoms with van der Waals surface area (Å²) in [4.78, 5) is 5.85. The maximum Gasteiger partial charge on any atom is 0.108 e. The lowest BCUT2D eigenvalue weighted by molar-refractivity contribution is 0.870. The van der Waals surface area contributed by atoms with Crippen molar-refractivity contribution < 1.29 is 0 Å². The molecule has 2 nitrogen and oxygen atoms in total. The van der Waals surface area contributed by atoms with Crippen LogP contribution in [0.3, 0.4) is 0 Å². The van der Waals surface area contributed by atoms with Crippen molar-refractivity contribution in [2.45, 2.75) is 20.8 Å². The second-order valence-electron chi connectivity index (χ2n) is 3.63. The Morgan fingerprint density at radius 2 is 2.31 bits per heavy atom.